The van der Waals surface area contributed by atoms with Crippen molar-refractivity contribution >= 4 is 34.7 Å². The minimum atomic E-state index is -4.86. The molecule has 0 bridgehead atoms. The quantitative estimate of drug-likeness (QED) is 0.487. The largest absolute Gasteiger partial charge is 0.487 e. The predicted octanol–water partition coefficient (Wildman–Crippen LogP) is 5.72. The highest BCUT2D eigenvalue weighted by Gasteiger charge is 2.43. The van der Waals surface area contributed by atoms with Crippen molar-refractivity contribution in [1.29, 1.82) is 0 Å². The second kappa shape index (κ2) is 10.0. The first-order valence-electron chi connectivity index (χ1n) is 9.78. The van der Waals surface area contributed by atoms with E-state index in [1.807, 2.05) is 6.92 Å². The lowest BCUT2D eigenvalue weighted by Crippen LogP contribution is -2.44. The van der Waals surface area contributed by atoms with Gasteiger partial charge in [0.25, 0.3) is 0 Å². The van der Waals surface area contributed by atoms with Gasteiger partial charge >= 0.3 is 12.1 Å². The summed E-state index contributed by atoms with van der Waals surface area (Å²) in [5, 5.41) is 0.841. The molecule has 1 aromatic heterocycles. The number of aromatic nitrogens is 1. The highest BCUT2D eigenvalue weighted by molar-refractivity contribution is 6.37. The second-order valence-electron chi connectivity index (χ2n) is 7.37. The lowest BCUT2D eigenvalue weighted by molar-refractivity contribution is -0.185. The number of ether oxygens (including phenoxy) is 2. The van der Waals surface area contributed by atoms with Crippen LogP contribution in [-0.2, 0) is 4.79 Å². The first-order chi connectivity index (χ1) is 15.1. The van der Waals surface area contributed by atoms with E-state index in [1.165, 1.54) is 0 Å². The van der Waals surface area contributed by atoms with E-state index in [1.54, 1.807) is 37.4 Å². The molecule has 32 heavy (non-hydrogen) atoms. The molecule has 1 amide bonds. The van der Waals surface area contributed by atoms with Crippen LogP contribution in [0, 0.1) is 6.92 Å². The minimum Gasteiger partial charge on any atom is -0.487 e. The molecule has 5 nitrogen and oxygen atoms in total. The monoisotopic (exact) mass is 488 g/mol. The summed E-state index contributed by atoms with van der Waals surface area (Å²) in [6.45, 7) is 3.96. The summed E-state index contributed by atoms with van der Waals surface area (Å²) in [5.41, 5.74) is 3.28. The Labute approximate surface area is 193 Å². The molecule has 0 saturated heterocycles. The van der Waals surface area contributed by atoms with Gasteiger partial charge in [-0.05, 0) is 55.2 Å². The van der Waals surface area contributed by atoms with Crippen LogP contribution >= 0.6 is 23.2 Å². The Hall–Kier alpha value is -2.45. The Morgan fingerprint density at radius 2 is 1.78 bits per heavy atom. The number of carbonyl (C=O) groups is 1. The van der Waals surface area contributed by atoms with E-state index in [0.717, 1.165) is 21.6 Å². The van der Waals surface area contributed by atoms with E-state index in [-0.39, 0.29) is 26.3 Å². The average Bonchev–Trinajstić information content (AvgIpc) is 2.72. The maximum atomic E-state index is 12.7. The van der Waals surface area contributed by atoms with Crippen molar-refractivity contribution in [1.82, 2.24) is 9.88 Å². The molecule has 2 aromatic rings. The van der Waals surface area contributed by atoms with Crippen LogP contribution in [-0.4, -0.2) is 48.3 Å². The van der Waals surface area contributed by atoms with Crippen LogP contribution in [0.15, 0.2) is 36.0 Å². The van der Waals surface area contributed by atoms with Crippen molar-refractivity contribution in [3.05, 3.63) is 57.2 Å². The molecule has 0 radical (unpaired) electrons. The van der Waals surface area contributed by atoms with Gasteiger partial charge in [-0.3, -0.25) is 4.79 Å². The van der Waals surface area contributed by atoms with Gasteiger partial charge in [0.15, 0.2) is 5.75 Å². The van der Waals surface area contributed by atoms with E-state index in [2.05, 4.69) is 4.98 Å². The van der Waals surface area contributed by atoms with Gasteiger partial charge in [-0.25, -0.2) is 4.98 Å². The van der Waals surface area contributed by atoms with E-state index >= 15 is 0 Å². The summed E-state index contributed by atoms with van der Waals surface area (Å²) in [6.07, 6.45) is -2.94. The number of amides is 1. The van der Waals surface area contributed by atoms with Crippen LogP contribution in [0.4, 0.5) is 13.2 Å². The maximum Gasteiger partial charge on any atom is 0.471 e. The normalized spacial score (nSPS) is 14.5. The lowest BCUT2D eigenvalue weighted by atomic mass is 9.95. The standard InChI is InChI=1S/C22H21Cl2F3N2O3/c1-13-9-17(23)20(18(24)10-13)32-8-7-31-19-4-3-15(11-28-19)16-5-6-29(12-14(16)2)21(30)22(25,26)27/h3-4,9-11H,5-8,12H2,1-2H3. The zero-order valence-electron chi connectivity index (χ0n) is 17.4. The summed E-state index contributed by atoms with van der Waals surface area (Å²) in [6, 6.07) is 6.97. The van der Waals surface area contributed by atoms with Gasteiger partial charge in [-0.2, -0.15) is 13.2 Å². The van der Waals surface area contributed by atoms with Gasteiger partial charge in [0, 0.05) is 25.4 Å². The number of benzene rings is 1. The number of carbonyl (C=O) groups excluding carboxylic acids is 1. The summed E-state index contributed by atoms with van der Waals surface area (Å²) in [7, 11) is 0. The fourth-order valence-electron chi connectivity index (χ4n) is 3.42. The Bertz CT molecular complexity index is 1000. The maximum absolute atomic E-state index is 12.7. The molecule has 0 aliphatic carbocycles. The zero-order chi connectivity index (χ0) is 23.5. The molecule has 0 fully saturated rings. The smallest absolute Gasteiger partial charge is 0.471 e. The van der Waals surface area contributed by atoms with Crippen LogP contribution in [0.5, 0.6) is 11.6 Å². The highest BCUT2D eigenvalue weighted by Crippen LogP contribution is 2.34. The Morgan fingerprint density at radius 1 is 1.12 bits per heavy atom. The number of hydrogen-bond donors (Lipinski definition) is 0. The van der Waals surface area contributed by atoms with E-state index in [0.29, 0.717) is 33.7 Å². The number of hydrogen-bond acceptors (Lipinski definition) is 4. The molecular weight excluding hydrogens is 468 g/mol. The van der Waals surface area contributed by atoms with Crippen molar-refractivity contribution in [2.24, 2.45) is 0 Å². The Balaban J connectivity index is 1.55. The molecule has 1 aromatic carbocycles. The van der Waals surface area contributed by atoms with Gasteiger partial charge in [0.05, 0.1) is 10.0 Å². The number of alkyl halides is 3. The Kier molecular flexibility index (Phi) is 7.56. The molecule has 10 heteroatoms. The van der Waals surface area contributed by atoms with Crippen molar-refractivity contribution in [3.63, 3.8) is 0 Å². The lowest BCUT2D eigenvalue weighted by Gasteiger charge is -2.30. The average molecular weight is 489 g/mol. The highest BCUT2D eigenvalue weighted by atomic mass is 35.5. The molecular formula is C22H21Cl2F3N2O3. The van der Waals surface area contributed by atoms with E-state index < -0.39 is 12.1 Å². The molecule has 172 valence electrons. The number of aryl methyl sites for hydroxylation is 1. The van der Waals surface area contributed by atoms with Crippen LogP contribution in [0.3, 0.4) is 0 Å². The van der Waals surface area contributed by atoms with Gasteiger partial charge in [0.1, 0.15) is 13.2 Å². The molecule has 0 spiro atoms. The molecule has 2 heterocycles. The molecule has 0 saturated carbocycles. The zero-order valence-corrected chi connectivity index (χ0v) is 18.9. The van der Waals surface area contributed by atoms with E-state index in [9.17, 15) is 18.0 Å². The fourth-order valence-corrected chi connectivity index (χ4v) is 4.13. The third-order valence-electron chi connectivity index (χ3n) is 4.91. The molecule has 0 atom stereocenters. The minimum absolute atomic E-state index is 0.00470. The number of rotatable bonds is 6. The molecule has 0 N–H and O–H groups in total. The van der Waals surface area contributed by atoms with Crippen molar-refractivity contribution in [3.8, 4) is 11.6 Å². The van der Waals surface area contributed by atoms with Crippen molar-refractivity contribution < 1.29 is 27.4 Å². The molecule has 1 aliphatic heterocycles. The SMILES string of the molecule is CC1=C(c2ccc(OCCOc3c(Cl)cc(C)cc3Cl)nc2)CCN(C(=O)C(F)(F)F)C1. The Morgan fingerprint density at radius 3 is 2.34 bits per heavy atom. The van der Waals surface area contributed by atoms with Gasteiger partial charge in [0.2, 0.25) is 5.88 Å². The topological polar surface area (TPSA) is 51.7 Å². The van der Waals surface area contributed by atoms with Crippen LogP contribution < -0.4 is 9.47 Å². The second-order valence-corrected chi connectivity index (χ2v) is 8.19. The summed E-state index contributed by atoms with van der Waals surface area (Å²) >= 11 is 12.3. The summed E-state index contributed by atoms with van der Waals surface area (Å²) in [4.78, 5) is 16.5. The summed E-state index contributed by atoms with van der Waals surface area (Å²) in [5.74, 6) is -1.04. The summed E-state index contributed by atoms with van der Waals surface area (Å²) < 4.78 is 49.1. The number of halogens is 5. The van der Waals surface area contributed by atoms with Crippen molar-refractivity contribution in [2.75, 3.05) is 26.3 Å². The van der Waals surface area contributed by atoms with Crippen LogP contribution in [0.25, 0.3) is 5.57 Å². The number of nitrogens with zero attached hydrogens (tertiary/aromatic N) is 2. The van der Waals surface area contributed by atoms with Gasteiger partial charge in [-0.1, -0.05) is 28.8 Å². The van der Waals surface area contributed by atoms with Crippen LogP contribution in [0.2, 0.25) is 10.0 Å². The van der Waals surface area contributed by atoms with Crippen LogP contribution in [0.1, 0.15) is 24.5 Å². The van der Waals surface area contributed by atoms with E-state index in [4.69, 9.17) is 32.7 Å². The first kappa shape index (κ1) is 24.2. The molecule has 0 unspecified atom stereocenters. The predicted molar refractivity (Wildman–Crippen MR) is 116 cm³/mol. The molecule has 3 rings (SSSR count). The van der Waals surface area contributed by atoms with Gasteiger partial charge < -0.3 is 14.4 Å². The molecule has 1 aliphatic rings. The number of pyridine rings is 1. The van der Waals surface area contributed by atoms with Gasteiger partial charge in [-0.15, -0.1) is 0 Å². The third kappa shape index (κ3) is 5.86. The fraction of sp³-hybridized carbons (Fsp3) is 0.364. The van der Waals surface area contributed by atoms with Crippen molar-refractivity contribution in [2.45, 2.75) is 26.4 Å². The third-order valence-corrected chi connectivity index (χ3v) is 5.47. The first-order valence-corrected chi connectivity index (χ1v) is 10.5.